The summed E-state index contributed by atoms with van der Waals surface area (Å²) in [5, 5.41) is 12.8. The lowest BCUT2D eigenvalue weighted by Gasteiger charge is -2.30. The molecule has 52 heavy (non-hydrogen) atoms. The van der Waals surface area contributed by atoms with Gasteiger partial charge in [-0.15, -0.1) is 0 Å². The maximum atomic E-state index is 13.3. The number of anilines is 5. The summed E-state index contributed by atoms with van der Waals surface area (Å²) in [5.74, 6) is 0.883. The van der Waals surface area contributed by atoms with Crippen molar-refractivity contribution in [2.24, 2.45) is 0 Å². The van der Waals surface area contributed by atoms with Crippen molar-refractivity contribution in [3.05, 3.63) is 58.3 Å². The number of carbonyl (C=O) groups excluding carboxylic acids is 3. The number of imidazole rings is 1. The number of aromatic nitrogens is 4. The summed E-state index contributed by atoms with van der Waals surface area (Å²) >= 11 is 12.1. The number of benzene rings is 2. The van der Waals surface area contributed by atoms with E-state index < -0.39 is 29.4 Å². The summed E-state index contributed by atoms with van der Waals surface area (Å²) in [6.45, 7) is 11.5. The predicted octanol–water partition coefficient (Wildman–Crippen LogP) is 8.50. The molecule has 0 spiro atoms. The van der Waals surface area contributed by atoms with Crippen LogP contribution >= 0.6 is 23.2 Å². The monoisotopic (exact) mass is 751 g/mol. The zero-order valence-electron chi connectivity index (χ0n) is 30.0. The first-order valence-corrected chi connectivity index (χ1v) is 17.9. The van der Waals surface area contributed by atoms with Crippen molar-refractivity contribution < 1.29 is 23.9 Å². The van der Waals surface area contributed by atoms with E-state index in [9.17, 15) is 14.4 Å². The fourth-order valence-electron chi connectivity index (χ4n) is 6.19. The van der Waals surface area contributed by atoms with E-state index in [1.54, 1.807) is 39.0 Å². The molecule has 3 amide bonds. The molecule has 1 aliphatic heterocycles. The van der Waals surface area contributed by atoms with E-state index in [2.05, 4.69) is 26.3 Å². The fourth-order valence-corrected chi connectivity index (χ4v) is 6.49. The standard InChI is InChI=1S/C36H43Cl2N9O5/c1-35(2,3)51-33(49)43-22-9-7-21(8-10-22)40-31-44-29(28-30(45-31)47(19-39-28)34(50)52-36(4,5)6)46-16-15-20-17-23(12-14-27(20)46)41-32(48)42-24-11-13-25(37)26(38)18-24/h11-14,17-19,21-22H,7-10,15-16H2,1-6H3,(H,43,49)(H,40,44,45)(H2,41,42,48)/t21-,22-. The van der Waals surface area contributed by atoms with Crippen LogP contribution in [0, 0.1) is 0 Å². The van der Waals surface area contributed by atoms with Crippen LogP contribution in [0.5, 0.6) is 0 Å². The van der Waals surface area contributed by atoms with Gasteiger partial charge >= 0.3 is 18.2 Å². The van der Waals surface area contributed by atoms with E-state index in [0.29, 0.717) is 57.3 Å². The summed E-state index contributed by atoms with van der Waals surface area (Å²) < 4.78 is 12.4. The second kappa shape index (κ2) is 14.7. The molecule has 1 aliphatic carbocycles. The second-order valence-corrected chi connectivity index (χ2v) is 15.7. The molecule has 16 heteroatoms. The second-order valence-electron chi connectivity index (χ2n) is 14.9. The van der Waals surface area contributed by atoms with Crippen molar-refractivity contribution in [1.29, 1.82) is 0 Å². The number of hydrogen-bond donors (Lipinski definition) is 4. The van der Waals surface area contributed by atoms with E-state index in [0.717, 1.165) is 36.9 Å². The molecule has 4 N–H and O–H groups in total. The molecule has 1 saturated carbocycles. The van der Waals surface area contributed by atoms with Crippen LogP contribution < -0.4 is 26.2 Å². The molecular weight excluding hydrogens is 709 g/mol. The number of fused-ring (bicyclic) bond motifs is 2. The average Bonchev–Trinajstić information content (AvgIpc) is 3.66. The predicted molar refractivity (Wildman–Crippen MR) is 202 cm³/mol. The van der Waals surface area contributed by atoms with Gasteiger partial charge in [-0.2, -0.15) is 9.97 Å². The summed E-state index contributed by atoms with van der Waals surface area (Å²) in [5.41, 5.74) is 2.47. The van der Waals surface area contributed by atoms with Crippen LogP contribution in [0.4, 0.5) is 43.2 Å². The number of carbonyl (C=O) groups is 3. The molecule has 0 saturated heterocycles. The van der Waals surface area contributed by atoms with Gasteiger partial charge in [-0.3, -0.25) is 0 Å². The first-order chi connectivity index (χ1) is 24.5. The third-order valence-electron chi connectivity index (χ3n) is 8.42. The van der Waals surface area contributed by atoms with E-state index in [1.165, 1.54) is 10.9 Å². The van der Waals surface area contributed by atoms with Gasteiger partial charge in [-0.05, 0) is 116 Å². The minimum absolute atomic E-state index is 0.00273. The highest BCUT2D eigenvalue weighted by atomic mass is 35.5. The number of nitrogens with zero attached hydrogens (tertiary/aromatic N) is 5. The molecule has 1 fully saturated rings. The molecule has 2 aromatic carbocycles. The molecule has 2 aromatic heterocycles. The molecule has 14 nitrogen and oxygen atoms in total. The lowest BCUT2D eigenvalue weighted by molar-refractivity contribution is 0.0489. The van der Waals surface area contributed by atoms with Gasteiger partial charge in [0.1, 0.15) is 17.5 Å². The summed E-state index contributed by atoms with van der Waals surface area (Å²) in [6, 6.07) is 10.1. The van der Waals surface area contributed by atoms with E-state index in [1.807, 2.05) is 43.9 Å². The van der Waals surface area contributed by atoms with Crippen LogP contribution in [-0.4, -0.2) is 67.6 Å². The Morgan fingerprint density at radius 2 is 1.48 bits per heavy atom. The number of halogens is 2. The van der Waals surface area contributed by atoms with E-state index >= 15 is 0 Å². The third kappa shape index (κ3) is 8.96. The zero-order valence-corrected chi connectivity index (χ0v) is 31.5. The molecular formula is C36H43Cl2N9O5. The lowest BCUT2D eigenvalue weighted by Crippen LogP contribution is -2.42. The lowest BCUT2D eigenvalue weighted by atomic mass is 9.91. The van der Waals surface area contributed by atoms with Gasteiger partial charge in [0.15, 0.2) is 17.0 Å². The van der Waals surface area contributed by atoms with Gasteiger partial charge < -0.3 is 35.6 Å². The van der Waals surface area contributed by atoms with Crippen molar-refractivity contribution in [1.82, 2.24) is 24.8 Å². The summed E-state index contributed by atoms with van der Waals surface area (Å²) in [6.07, 6.45) is 4.10. The minimum Gasteiger partial charge on any atom is -0.444 e. The van der Waals surface area contributed by atoms with Crippen LogP contribution in [0.1, 0.15) is 72.8 Å². The van der Waals surface area contributed by atoms with Gasteiger partial charge in [0.2, 0.25) is 5.95 Å². The van der Waals surface area contributed by atoms with Crippen molar-refractivity contribution in [2.75, 3.05) is 27.4 Å². The number of nitrogens with one attached hydrogen (secondary N) is 4. The molecule has 0 unspecified atom stereocenters. The number of urea groups is 1. The van der Waals surface area contributed by atoms with Crippen LogP contribution in [0.2, 0.25) is 10.0 Å². The van der Waals surface area contributed by atoms with Crippen LogP contribution in [0.3, 0.4) is 0 Å². The first-order valence-electron chi connectivity index (χ1n) is 17.2. The topological polar surface area (TPSA) is 165 Å². The number of amides is 3. The highest BCUT2D eigenvalue weighted by Crippen LogP contribution is 2.38. The van der Waals surface area contributed by atoms with Crippen molar-refractivity contribution in [2.45, 2.75) is 96.9 Å². The third-order valence-corrected chi connectivity index (χ3v) is 9.15. The highest BCUT2D eigenvalue weighted by molar-refractivity contribution is 6.42. The maximum Gasteiger partial charge on any atom is 0.421 e. The quantitative estimate of drug-likeness (QED) is 0.150. The molecule has 0 bridgehead atoms. The molecule has 6 rings (SSSR count). The van der Waals surface area contributed by atoms with E-state index in [-0.39, 0.29) is 12.1 Å². The molecule has 0 radical (unpaired) electrons. The first kappa shape index (κ1) is 37.0. The van der Waals surface area contributed by atoms with Gasteiger partial charge in [0.05, 0.1) is 10.0 Å². The average molecular weight is 753 g/mol. The van der Waals surface area contributed by atoms with Gasteiger partial charge in [0.25, 0.3) is 0 Å². The smallest absolute Gasteiger partial charge is 0.421 e. The Hall–Kier alpha value is -4.82. The number of alkyl carbamates (subject to hydrolysis) is 1. The zero-order chi connectivity index (χ0) is 37.4. The van der Waals surface area contributed by atoms with Gasteiger partial charge in [-0.1, -0.05) is 23.2 Å². The maximum absolute atomic E-state index is 13.3. The van der Waals surface area contributed by atoms with E-state index in [4.69, 9.17) is 42.6 Å². The Kier molecular flexibility index (Phi) is 10.4. The Morgan fingerprint density at radius 3 is 2.15 bits per heavy atom. The normalized spacial score (nSPS) is 17.3. The van der Waals surface area contributed by atoms with Crippen molar-refractivity contribution in [3.8, 4) is 0 Å². The Balaban J connectivity index is 1.22. The molecule has 3 heterocycles. The molecule has 0 atom stereocenters. The molecule has 276 valence electrons. The number of rotatable bonds is 6. The Morgan fingerprint density at radius 1 is 0.827 bits per heavy atom. The SMILES string of the molecule is CC(C)(C)OC(=O)N[C@H]1CC[C@H](Nc2nc(N3CCc4cc(NC(=O)Nc5ccc(Cl)c(Cl)c5)ccc43)c3ncn(C(=O)OC(C)(C)C)c3n2)CC1. The van der Waals surface area contributed by atoms with Gasteiger partial charge in [-0.25, -0.2) is 23.9 Å². The Bertz CT molecular complexity index is 2000. The molecule has 2 aliphatic rings. The number of hydrogen-bond acceptors (Lipinski definition) is 10. The van der Waals surface area contributed by atoms with Crippen LogP contribution in [-0.2, 0) is 15.9 Å². The summed E-state index contributed by atoms with van der Waals surface area (Å²) in [7, 11) is 0. The fraction of sp³-hybridized carbons (Fsp3) is 0.444. The summed E-state index contributed by atoms with van der Waals surface area (Å²) in [4.78, 5) is 54.7. The molecule has 4 aromatic rings. The number of ether oxygens (including phenoxy) is 2. The highest BCUT2D eigenvalue weighted by Gasteiger charge is 2.30. The largest absolute Gasteiger partial charge is 0.444 e. The van der Waals surface area contributed by atoms with Gasteiger partial charge in [0, 0.05) is 35.7 Å². The van der Waals surface area contributed by atoms with Crippen LogP contribution in [0.15, 0.2) is 42.7 Å². The van der Waals surface area contributed by atoms with Crippen molar-refractivity contribution in [3.63, 3.8) is 0 Å². The van der Waals surface area contributed by atoms with Crippen molar-refractivity contribution >= 4 is 81.4 Å². The minimum atomic E-state index is -0.727. The van der Waals surface area contributed by atoms with Crippen LogP contribution in [0.25, 0.3) is 11.2 Å². The Labute approximate surface area is 312 Å².